The Morgan fingerprint density at radius 3 is 2.22 bits per heavy atom. The van der Waals surface area contributed by atoms with E-state index in [-0.39, 0.29) is 30.4 Å². The van der Waals surface area contributed by atoms with Crippen LogP contribution in [0.4, 0.5) is 4.79 Å². The second-order valence-corrected chi connectivity index (χ2v) is 9.16. The Bertz CT molecular complexity index is 1050. The van der Waals surface area contributed by atoms with Gasteiger partial charge in [0.1, 0.15) is 12.6 Å². The highest BCUT2D eigenvalue weighted by Crippen LogP contribution is 2.56. The summed E-state index contributed by atoms with van der Waals surface area (Å²) in [6.45, 7) is 2.43. The zero-order chi connectivity index (χ0) is 22.5. The molecular formula is C25H26N2O5. The van der Waals surface area contributed by atoms with E-state index in [0.29, 0.717) is 6.54 Å². The lowest BCUT2D eigenvalue weighted by Crippen LogP contribution is -2.46. The first-order valence-electron chi connectivity index (χ1n) is 11.0. The predicted octanol–water partition coefficient (Wildman–Crippen LogP) is 3.24. The van der Waals surface area contributed by atoms with E-state index >= 15 is 0 Å². The Morgan fingerprint density at radius 2 is 1.69 bits per heavy atom. The molecule has 2 atom stereocenters. The van der Waals surface area contributed by atoms with Crippen LogP contribution < -0.4 is 5.32 Å². The third-order valence-electron chi connectivity index (χ3n) is 7.20. The van der Waals surface area contributed by atoms with Gasteiger partial charge in [-0.2, -0.15) is 0 Å². The molecule has 0 aromatic heterocycles. The topological polar surface area (TPSA) is 95.9 Å². The molecule has 7 nitrogen and oxygen atoms in total. The van der Waals surface area contributed by atoms with Crippen LogP contribution >= 0.6 is 0 Å². The van der Waals surface area contributed by atoms with Crippen molar-refractivity contribution in [1.29, 1.82) is 0 Å². The van der Waals surface area contributed by atoms with E-state index in [4.69, 9.17) is 4.74 Å². The second-order valence-electron chi connectivity index (χ2n) is 9.16. The highest BCUT2D eigenvalue weighted by Gasteiger charge is 2.59. The number of ether oxygens (including phenoxy) is 1. The smallest absolute Gasteiger partial charge is 0.407 e. The van der Waals surface area contributed by atoms with Gasteiger partial charge in [0.25, 0.3) is 0 Å². The van der Waals surface area contributed by atoms with Gasteiger partial charge in [0.15, 0.2) is 0 Å². The van der Waals surface area contributed by atoms with Gasteiger partial charge in [-0.15, -0.1) is 0 Å². The van der Waals surface area contributed by atoms with Crippen molar-refractivity contribution in [2.24, 2.45) is 11.3 Å². The first kappa shape index (κ1) is 20.5. The number of carboxylic acid groups (broad SMARTS) is 1. The fourth-order valence-electron chi connectivity index (χ4n) is 5.30. The van der Waals surface area contributed by atoms with Gasteiger partial charge in [0, 0.05) is 24.4 Å². The number of nitrogens with one attached hydrogen (secondary N) is 1. The number of benzene rings is 2. The van der Waals surface area contributed by atoms with Crippen molar-refractivity contribution in [1.82, 2.24) is 10.2 Å². The first-order chi connectivity index (χ1) is 15.4. The van der Waals surface area contributed by atoms with Crippen molar-refractivity contribution < 1.29 is 24.2 Å². The number of alkyl carbamates (subject to hydrolysis) is 1. The molecule has 1 saturated carbocycles. The molecule has 0 radical (unpaired) electrons. The normalized spacial score (nSPS) is 21.0. The molecule has 2 amide bonds. The third kappa shape index (κ3) is 3.42. The maximum Gasteiger partial charge on any atom is 0.407 e. The Balaban J connectivity index is 1.20. The zero-order valence-corrected chi connectivity index (χ0v) is 17.9. The molecule has 1 unspecified atom stereocenters. The van der Waals surface area contributed by atoms with Gasteiger partial charge in [-0.1, -0.05) is 48.5 Å². The number of carbonyl (C=O) groups excluding carboxylic acids is 2. The molecule has 2 fully saturated rings. The van der Waals surface area contributed by atoms with Crippen molar-refractivity contribution in [3.8, 4) is 11.1 Å². The molecule has 0 bridgehead atoms. The molecule has 1 saturated heterocycles. The van der Waals surface area contributed by atoms with Gasteiger partial charge in [0.05, 0.1) is 5.92 Å². The molecule has 5 rings (SSSR count). The quantitative estimate of drug-likeness (QED) is 0.753. The Kier molecular flexibility index (Phi) is 4.92. The minimum absolute atomic E-state index is 0.0520. The molecule has 1 heterocycles. The largest absolute Gasteiger partial charge is 0.481 e. The number of aliphatic carboxylic acids is 1. The number of fused-ring (bicyclic) bond motifs is 3. The molecule has 2 aromatic carbocycles. The number of rotatable bonds is 5. The Hall–Kier alpha value is -3.35. The molecule has 2 aliphatic carbocycles. The number of amides is 2. The third-order valence-corrected chi connectivity index (χ3v) is 7.20. The molecule has 2 aromatic rings. The molecule has 3 aliphatic rings. The lowest BCUT2D eigenvalue weighted by Gasteiger charge is -2.22. The molecule has 1 aliphatic heterocycles. The van der Waals surface area contributed by atoms with Crippen LogP contribution in [0.5, 0.6) is 0 Å². The number of carbonyl (C=O) groups is 3. The van der Waals surface area contributed by atoms with Gasteiger partial charge in [-0.3, -0.25) is 9.59 Å². The monoisotopic (exact) mass is 434 g/mol. The number of carboxylic acids is 1. The summed E-state index contributed by atoms with van der Waals surface area (Å²) >= 11 is 0. The first-order valence-corrected chi connectivity index (χ1v) is 11.0. The SMILES string of the molecule is C[C@@H](NC(=O)OCC1c2ccccc2-c2ccccc21)C(=O)N1CC(C(=O)O)C2(CC2)C1. The van der Waals surface area contributed by atoms with Crippen molar-refractivity contribution in [3.63, 3.8) is 0 Å². The summed E-state index contributed by atoms with van der Waals surface area (Å²) in [7, 11) is 0. The van der Waals surface area contributed by atoms with E-state index in [1.54, 1.807) is 11.8 Å². The van der Waals surface area contributed by atoms with Crippen LogP contribution in [0.25, 0.3) is 11.1 Å². The minimum atomic E-state index is -0.852. The zero-order valence-electron chi connectivity index (χ0n) is 17.9. The molecule has 166 valence electrons. The van der Waals surface area contributed by atoms with E-state index < -0.39 is 24.0 Å². The van der Waals surface area contributed by atoms with Gasteiger partial charge in [-0.05, 0) is 42.0 Å². The lowest BCUT2D eigenvalue weighted by atomic mass is 9.93. The van der Waals surface area contributed by atoms with Crippen molar-refractivity contribution in [3.05, 3.63) is 59.7 Å². The van der Waals surface area contributed by atoms with Crippen LogP contribution in [0.2, 0.25) is 0 Å². The fourth-order valence-corrected chi connectivity index (χ4v) is 5.30. The highest BCUT2D eigenvalue weighted by atomic mass is 16.5. The van der Waals surface area contributed by atoms with E-state index in [1.807, 2.05) is 36.4 Å². The number of nitrogens with zero attached hydrogens (tertiary/aromatic N) is 1. The maximum atomic E-state index is 12.8. The van der Waals surface area contributed by atoms with Crippen LogP contribution in [-0.2, 0) is 14.3 Å². The summed E-state index contributed by atoms with van der Waals surface area (Å²) in [6, 6.07) is 15.4. The summed E-state index contributed by atoms with van der Waals surface area (Å²) < 4.78 is 5.52. The van der Waals surface area contributed by atoms with E-state index in [1.165, 1.54) is 0 Å². The highest BCUT2D eigenvalue weighted by molar-refractivity contribution is 5.87. The molecular weight excluding hydrogens is 408 g/mol. The second kappa shape index (κ2) is 7.65. The summed E-state index contributed by atoms with van der Waals surface area (Å²) in [5.74, 6) is -1.69. The average Bonchev–Trinajstić information content (AvgIpc) is 3.34. The standard InChI is InChI=1S/C25H26N2O5/c1-15(22(28)27-12-21(23(29)30)25(14-27)10-11-25)26-24(31)32-13-20-18-8-4-2-6-16(18)17-7-3-5-9-19(17)20/h2-9,15,20-21H,10-14H2,1H3,(H,26,31)(H,29,30)/t15-,21?/m1/s1. The summed E-state index contributed by atoms with van der Waals surface area (Å²) in [6.07, 6.45) is 1.02. The molecule has 7 heteroatoms. The van der Waals surface area contributed by atoms with Crippen LogP contribution in [0, 0.1) is 11.3 Å². The molecule has 32 heavy (non-hydrogen) atoms. The molecule has 1 spiro atoms. The average molecular weight is 434 g/mol. The summed E-state index contributed by atoms with van der Waals surface area (Å²) in [5.41, 5.74) is 4.27. The van der Waals surface area contributed by atoms with Crippen LogP contribution in [-0.4, -0.2) is 53.7 Å². The number of hydrogen-bond acceptors (Lipinski definition) is 4. The number of hydrogen-bond donors (Lipinski definition) is 2. The van der Waals surface area contributed by atoms with Crippen molar-refractivity contribution in [2.75, 3.05) is 19.7 Å². The van der Waals surface area contributed by atoms with E-state index in [9.17, 15) is 19.5 Å². The van der Waals surface area contributed by atoms with E-state index in [0.717, 1.165) is 35.1 Å². The lowest BCUT2D eigenvalue weighted by molar-refractivity contribution is -0.143. The van der Waals surface area contributed by atoms with Crippen molar-refractivity contribution in [2.45, 2.75) is 31.7 Å². The maximum absolute atomic E-state index is 12.8. The van der Waals surface area contributed by atoms with E-state index in [2.05, 4.69) is 17.4 Å². The van der Waals surface area contributed by atoms with Gasteiger partial charge in [0.2, 0.25) is 5.91 Å². The summed E-state index contributed by atoms with van der Waals surface area (Å²) in [4.78, 5) is 38.4. The van der Waals surface area contributed by atoms with Crippen LogP contribution in [0.1, 0.15) is 36.8 Å². The van der Waals surface area contributed by atoms with Crippen molar-refractivity contribution >= 4 is 18.0 Å². The minimum Gasteiger partial charge on any atom is -0.481 e. The van der Waals surface area contributed by atoms with Gasteiger partial charge >= 0.3 is 12.1 Å². The molecule has 2 N–H and O–H groups in total. The number of likely N-dealkylation sites (tertiary alicyclic amines) is 1. The Morgan fingerprint density at radius 1 is 1.09 bits per heavy atom. The van der Waals surface area contributed by atoms with Gasteiger partial charge < -0.3 is 20.1 Å². The Labute approximate surface area is 186 Å². The summed E-state index contributed by atoms with van der Waals surface area (Å²) in [5, 5.41) is 12.1. The van der Waals surface area contributed by atoms with Crippen LogP contribution in [0.15, 0.2) is 48.5 Å². The van der Waals surface area contributed by atoms with Crippen LogP contribution in [0.3, 0.4) is 0 Å². The van der Waals surface area contributed by atoms with Gasteiger partial charge in [-0.25, -0.2) is 4.79 Å². The predicted molar refractivity (Wildman–Crippen MR) is 117 cm³/mol. The fraction of sp³-hybridized carbons (Fsp3) is 0.400.